The van der Waals surface area contributed by atoms with Crippen molar-refractivity contribution in [2.45, 2.75) is 6.92 Å². The highest BCUT2D eigenvalue weighted by Gasteiger charge is 1.89. The number of benzene rings is 1. The fraction of sp³-hybridized carbons (Fsp3) is 0.0769. The predicted molar refractivity (Wildman–Crippen MR) is 67.4 cm³/mol. The molecule has 1 aromatic carbocycles. The van der Waals surface area contributed by atoms with E-state index in [0.29, 0.717) is 0 Å². The van der Waals surface area contributed by atoms with Crippen LogP contribution in [-0.4, -0.2) is 0 Å². The van der Waals surface area contributed by atoms with E-state index < -0.39 is 0 Å². The molecule has 0 spiro atoms. The van der Waals surface area contributed by atoms with Gasteiger partial charge in [-0.15, -0.1) is 13.2 Å². The first-order chi connectivity index (χ1) is 6.86. The van der Waals surface area contributed by atoms with Crippen LogP contribution in [0.15, 0.2) is 67.9 Å². The highest BCUT2D eigenvalue weighted by Crippen LogP contribution is 2.08. The fourth-order valence-electron chi connectivity index (χ4n) is 0.929. The van der Waals surface area contributed by atoms with Crippen molar-refractivity contribution in [2.24, 2.45) is 0 Å². The topological polar surface area (TPSA) is 12.0 Å². The van der Waals surface area contributed by atoms with Crippen molar-refractivity contribution in [3.63, 3.8) is 0 Å². The second-order valence-electron chi connectivity index (χ2n) is 2.44. The molecule has 0 aromatic heterocycles. The third kappa shape index (κ3) is 4.31. The molecule has 76 valence electrons. The molecule has 0 aliphatic heterocycles. The largest absolute Gasteiger partial charge is 0.356 e. The summed E-state index contributed by atoms with van der Waals surface area (Å²) in [7, 11) is 0. The van der Waals surface area contributed by atoms with Crippen molar-refractivity contribution in [1.82, 2.24) is 0 Å². The van der Waals surface area contributed by atoms with E-state index in [4.69, 9.17) is 0 Å². The van der Waals surface area contributed by atoms with Gasteiger partial charge in [0.2, 0.25) is 0 Å². The fourth-order valence-corrected chi connectivity index (χ4v) is 0.929. The summed E-state index contributed by atoms with van der Waals surface area (Å²) in [6.07, 6.45) is 3.78. The SMILES string of the molecule is C=C.C=C/C(=C\C)Nc1ccccc1.[HH]. The van der Waals surface area contributed by atoms with Gasteiger partial charge in [-0.05, 0) is 25.1 Å². The molecular formula is C13H19N. The maximum atomic E-state index is 3.70. The smallest absolute Gasteiger partial charge is 0.0384 e. The maximum Gasteiger partial charge on any atom is 0.0384 e. The summed E-state index contributed by atoms with van der Waals surface area (Å²) < 4.78 is 0. The van der Waals surface area contributed by atoms with Crippen LogP contribution in [-0.2, 0) is 0 Å². The normalized spacial score (nSPS) is 9.64. The minimum Gasteiger partial charge on any atom is -0.356 e. The lowest BCUT2D eigenvalue weighted by atomic mass is 10.3. The van der Waals surface area contributed by atoms with Crippen LogP contribution in [0.5, 0.6) is 0 Å². The van der Waals surface area contributed by atoms with Gasteiger partial charge in [0.05, 0.1) is 0 Å². The van der Waals surface area contributed by atoms with E-state index in [1.54, 1.807) is 6.08 Å². The predicted octanol–water partition coefficient (Wildman–Crippen LogP) is 4.24. The zero-order valence-corrected chi connectivity index (χ0v) is 8.66. The number of anilines is 1. The second-order valence-corrected chi connectivity index (χ2v) is 2.44. The molecule has 0 radical (unpaired) electrons. The molecule has 1 nitrogen and oxygen atoms in total. The van der Waals surface area contributed by atoms with Crippen molar-refractivity contribution in [3.8, 4) is 0 Å². The highest BCUT2D eigenvalue weighted by molar-refractivity contribution is 5.49. The number of nitrogens with one attached hydrogen (secondary N) is 1. The van der Waals surface area contributed by atoms with Crippen LogP contribution in [0.3, 0.4) is 0 Å². The Hall–Kier alpha value is -1.76. The average Bonchev–Trinajstić information content (AvgIpc) is 2.30. The lowest BCUT2D eigenvalue weighted by molar-refractivity contribution is 1.45. The maximum absolute atomic E-state index is 3.70. The van der Waals surface area contributed by atoms with Crippen LogP contribution in [0.1, 0.15) is 8.35 Å². The van der Waals surface area contributed by atoms with Crippen LogP contribution in [0, 0.1) is 0 Å². The molecule has 0 bridgehead atoms. The summed E-state index contributed by atoms with van der Waals surface area (Å²) in [4.78, 5) is 0. The molecule has 0 aliphatic rings. The van der Waals surface area contributed by atoms with Gasteiger partial charge in [-0.1, -0.05) is 30.9 Å². The summed E-state index contributed by atoms with van der Waals surface area (Å²) in [5.74, 6) is 0. The number of para-hydroxylation sites is 1. The minimum absolute atomic E-state index is 0. The van der Waals surface area contributed by atoms with E-state index in [1.807, 2.05) is 43.3 Å². The Bertz CT molecular complexity index is 291. The lowest BCUT2D eigenvalue weighted by Gasteiger charge is -2.05. The van der Waals surface area contributed by atoms with E-state index in [9.17, 15) is 0 Å². The molecule has 0 aliphatic carbocycles. The molecule has 1 aromatic rings. The average molecular weight is 189 g/mol. The van der Waals surface area contributed by atoms with Crippen LogP contribution in [0.25, 0.3) is 0 Å². The molecule has 0 fully saturated rings. The molecule has 0 saturated heterocycles. The first-order valence-electron chi connectivity index (χ1n) is 4.47. The molecule has 14 heavy (non-hydrogen) atoms. The van der Waals surface area contributed by atoms with Crippen LogP contribution in [0.2, 0.25) is 0 Å². The first kappa shape index (κ1) is 12.2. The number of hydrogen-bond donors (Lipinski definition) is 1. The van der Waals surface area contributed by atoms with Crippen LogP contribution < -0.4 is 5.32 Å². The quantitative estimate of drug-likeness (QED) is 0.554. The standard InChI is InChI=1S/C11H13N.C2H4.H2/c1-3-10(4-2)12-11-8-6-5-7-9-11;1-2;/h3-9,12H,1H2,2H3;1-2H2;1H/b10-4+;;. The Labute approximate surface area is 88.0 Å². The second kappa shape index (κ2) is 7.87. The minimum atomic E-state index is 0. The molecule has 1 N–H and O–H groups in total. The summed E-state index contributed by atoms with van der Waals surface area (Å²) in [6.45, 7) is 11.7. The number of allylic oxidation sites excluding steroid dienone is 2. The summed E-state index contributed by atoms with van der Waals surface area (Å²) in [5.41, 5.74) is 2.12. The van der Waals surface area contributed by atoms with E-state index in [-0.39, 0.29) is 1.43 Å². The van der Waals surface area contributed by atoms with Crippen molar-refractivity contribution in [2.75, 3.05) is 5.32 Å². The molecule has 0 saturated carbocycles. The van der Waals surface area contributed by atoms with Gasteiger partial charge in [0.1, 0.15) is 0 Å². The van der Waals surface area contributed by atoms with Crippen molar-refractivity contribution >= 4 is 5.69 Å². The van der Waals surface area contributed by atoms with Crippen molar-refractivity contribution in [1.29, 1.82) is 0 Å². The first-order valence-corrected chi connectivity index (χ1v) is 4.47. The Balaban J connectivity index is 0. The van der Waals surface area contributed by atoms with Gasteiger partial charge in [0.15, 0.2) is 0 Å². The summed E-state index contributed by atoms with van der Waals surface area (Å²) in [5, 5.41) is 3.22. The Morgan fingerprint density at radius 1 is 1.29 bits per heavy atom. The zero-order chi connectivity index (χ0) is 10.8. The third-order valence-electron chi connectivity index (χ3n) is 1.59. The summed E-state index contributed by atoms with van der Waals surface area (Å²) in [6, 6.07) is 10.0. The van der Waals surface area contributed by atoms with E-state index in [1.165, 1.54) is 0 Å². The Morgan fingerprint density at radius 3 is 2.29 bits per heavy atom. The lowest BCUT2D eigenvalue weighted by Crippen LogP contribution is -1.94. The van der Waals surface area contributed by atoms with E-state index in [2.05, 4.69) is 25.1 Å². The van der Waals surface area contributed by atoms with Gasteiger partial charge in [-0.25, -0.2) is 0 Å². The molecule has 0 atom stereocenters. The third-order valence-corrected chi connectivity index (χ3v) is 1.59. The number of rotatable bonds is 3. The van der Waals surface area contributed by atoms with E-state index in [0.717, 1.165) is 11.4 Å². The van der Waals surface area contributed by atoms with Crippen LogP contribution >= 0.6 is 0 Å². The number of hydrogen-bond acceptors (Lipinski definition) is 1. The van der Waals surface area contributed by atoms with Gasteiger partial charge in [0, 0.05) is 12.8 Å². The van der Waals surface area contributed by atoms with Crippen molar-refractivity contribution in [3.05, 3.63) is 67.9 Å². The molecular weight excluding hydrogens is 170 g/mol. The molecule has 0 unspecified atom stereocenters. The van der Waals surface area contributed by atoms with Gasteiger partial charge in [0.25, 0.3) is 0 Å². The molecule has 1 heteroatoms. The molecule has 0 amide bonds. The monoisotopic (exact) mass is 189 g/mol. The van der Waals surface area contributed by atoms with Gasteiger partial charge in [-0.3, -0.25) is 0 Å². The van der Waals surface area contributed by atoms with E-state index >= 15 is 0 Å². The molecule has 0 heterocycles. The van der Waals surface area contributed by atoms with Gasteiger partial charge in [-0.2, -0.15) is 0 Å². The highest BCUT2D eigenvalue weighted by atomic mass is 14.9. The Morgan fingerprint density at radius 2 is 1.86 bits per heavy atom. The van der Waals surface area contributed by atoms with Gasteiger partial charge < -0.3 is 5.32 Å². The zero-order valence-electron chi connectivity index (χ0n) is 8.66. The summed E-state index contributed by atoms with van der Waals surface area (Å²) >= 11 is 0. The van der Waals surface area contributed by atoms with Crippen molar-refractivity contribution < 1.29 is 1.43 Å². The molecule has 1 rings (SSSR count). The van der Waals surface area contributed by atoms with Gasteiger partial charge >= 0.3 is 0 Å². The van der Waals surface area contributed by atoms with Crippen LogP contribution in [0.4, 0.5) is 5.69 Å². The Kier molecular flexibility index (Phi) is 6.88.